The Morgan fingerprint density at radius 1 is 1.19 bits per heavy atom. The molecule has 0 atom stereocenters. The van der Waals surface area contributed by atoms with E-state index in [0.29, 0.717) is 25.2 Å². The minimum absolute atomic E-state index is 0.00976. The van der Waals surface area contributed by atoms with Gasteiger partial charge in [0.1, 0.15) is 12.7 Å². The van der Waals surface area contributed by atoms with E-state index < -0.39 is 0 Å². The van der Waals surface area contributed by atoms with Gasteiger partial charge in [0.2, 0.25) is 0 Å². The second-order valence-corrected chi connectivity index (χ2v) is 6.20. The summed E-state index contributed by atoms with van der Waals surface area (Å²) in [5.41, 5.74) is 9.31. The Balaban J connectivity index is 1.82. The normalized spacial score (nSPS) is 10.7. The van der Waals surface area contributed by atoms with Crippen LogP contribution in [0.1, 0.15) is 27.9 Å². The predicted octanol–water partition coefficient (Wildman–Crippen LogP) is 2.57. The molecular formula is C20H23N5O. The minimum Gasteiger partial charge on any atom is -0.334 e. The van der Waals surface area contributed by atoms with Crippen molar-refractivity contribution in [3.8, 4) is 5.69 Å². The van der Waals surface area contributed by atoms with Crippen molar-refractivity contribution < 1.29 is 4.79 Å². The third-order valence-corrected chi connectivity index (χ3v) is 4.24. The van der Waals surface area contributed by atoms with E-state index in [9.17, 15) is 4.79 Å². The molecule has 1 aromatic heterocycles. The van der Waals surface area contributed by atoms with Gasteiger partial charge in [-0.25, -0.2) is 9.67 Å². The second kappa shape index (κ2) is 8.40. The Kier molecular flexibility index (Phi) is 5.76. The van der Waals surface area contributed by atoms with E-state index in [2.05, 4.69) is 10.1 Å². The molecule has 1 heterocycles. The monoisotopic (exact) mass is 349 g/mol. The quantitative estimate of drug-likeness (QED) is 0.711. The average Bonchev–Trinajstić information content (AvgIpc) is 3.19. The molecule has 0 aliphatic rings. The lowest BCUT2D eigenvalue weighted by Crippen LogP contribution is -2.32. The van der Waals surface area contributed by atoms with Gasteiger partial charge in [-0.2, -0.15) is 5.10 Å². The number of benzene rings is 2. The maximum Gasteiger partial charge on any atom is 0.254 e. The van der Waals surface area contributed by atoms with Crippen LogP contribution in [-0.4, -0.2) is 38.7 Å². The van der Waals surface area contributed by atoms with Crippen molar-refractivity contribution >= 4 is 5.91 Å². The van der Waals surface area contributed by atoms with E-state index in [1.165, 1.54) is 6.33 Å². The van der Waals surface area contributed by atoms with E-state index in [1.54, 1.807) is 11.0 Å². The molecule has 1 amide bonds. The molecule has 0 radical (unpaired) electrons. The van der Waals surface area contributed by atoms with E-state index in [1.807, 2.05) is 60.4 Å². The highest BCUT2D eigenvalue weighted by molar-refractivity contribution is 5.94. The molecule has 0 spiro atoms. The van der Waals surface area contributed by atoms with Gasteiger partial charge in [0.05, 0.1) is 5.69 Å². The molecule has 6 heteroatoms. The molecule has 0 unspecified atom stereocenters. The fraction of sp³-hybridized carbons (Fsp3) is 0.250. The molecule has 0 fully saturated rings. The minimum atomic E-state index is 0.00976. The van der Waals surface area contributed by atoms with Crippen molar-refractivity contribution in [1.29, 1.82) is 0 Å². The molecule has 0 aliphatic heterocycles. The third kappa shape index (κ3) is 4.15. The lowest BCUT2D eigenvalue weighted by atomic mass is 10.1. The number of amides is 1. The highest BCUT2D eigenvalue weighted by Gasteiger charge is 2.17. The number of hydrogen-bond donors (Lipinski definition) is 1. The van der Waals surface area contributed by atoms with Crippen LogP contribution < -0.4 is 5.73 Å². The molecule has 0 saturated carbocycles. The van der Waals surface area contributed by atoms with Gasteiger partial charge in [0, 0.05) is 18.7 Å². The maximum atomic E-state index is 13.1. The summed E-state index contributed by atoms with van der Waals surface area (Å²) in [7, 11) is 0. The zero-order valence-electron chi connectivity index (χ0n) is 14.9. The third-order valence-electron chi connectivity index (χ3n) is 4.24. The van der Waals surface area contributed by atoms with Crippen LogP contribution in [0.25, 0.3) is 5.69 Å². The molecule has 0 bridgehead atoms. The second-order valence-electron chi connectivity index (χ2n) is 6.20. The van der Waals surface area contributed by atoms with Crippen molar-refractivity contribution in [3.05, 3.63) is 77.9 Å². The number of aryl methyl sites for hydroxylation is 1. The van der Waals surface area contributed by atoms with Crippen LogP contribution in [0.4, 0.5) is 0 Å². The standard InChI is InChI=1S/C20H23N5O/c1-16-12-18(8-9-19(16)25-15-22-14-23-25)20(26)24(11-5-10-21)13-17-6-3-2-4-7-17/h2-4,6-9,12,14-15H,5,10-11,13,21H2,1H3. The maximum absolute atomic E-state index is 13.1. The number of rotatable bonds is 7. The number of hydrogen-bond acceptors (Lipinski definition) is 4. The fourth-order valence-electron chi connectivity index (χ4n) is 2.90. The first-order chi connectivity index (χ1) is 12.7. The molecule has 0 saturated heterocycles. The van der Waals surface area contributed by atoms with Crippen molar-refractivity contribution in [2.75, 3.05) is 13.1 Å². The van der Waals surface area contributed by atoms with Gasteiger partial charge >= 0.3 is 0 Å². The zero-order valence-corrected chi connectivity index (χ0v) is 14.9. The largest absolute Gasteiger partial charge is 0.334 e. The highest BCUT2D eigenvalue weighted by atomic mass is 16.2. The van der Waals surface area contributed by atoms with Gasteiger partial charge < -0.3 is 10.6 Å². The van der Waals surface area contributed by atoms with Crippen LogP contribution in [0.5, 0.6) is 0 Å². The SMILES string of the molecule is Cc1cc(C(=O)N(CCCN)Cc2ccccc2)ccc1-n1cncn1. The summed E-state index contributed by atoms with van der Waals surface area (Å²) in [6.07, 6.45) is 3.91. The average molecular weight is 349 g/mol. The molecule has 134 valence electrons. The Morgan fingerprint density at radius 3 is 2.65 bits per heavy atom. The number of nitrogens with two attached hydrogens (primary N) is 1. The van der Waals surface area contributed by atoms with Gasteiger partial charge in [-0.15, -0.1) is 0 Å². The zero-order chi connectivity index (χ0) is 18.4. The fourth-order valence-corrected chi connectivity index (χ4v) is 2.90. The van der Waals surface area contributed by atoms with Gasteiger partial charge in [-0.3, -0.25) is 4.79 Å². The summed E-state index contributed by atoms with van der Waals surface area (Å²) in [6, 6.07) is 15.6. The number of carbonyl (C=O) groups is 1. The molecule has 2 aromatic carbocycles. The first-order valence-electron chi connectivity index (χ1n) is 8.68. The lowest BCUT2D eigenvalue weighted by molar-refractivity contribution is 0.0742. The smallest absolute Gasteiger partial charge is 0.254 e. The van der Waals surface area contributed by atoms with Crippen molar-refractivity contribution in [2.24, 2.45) is 5.73 Å². The van der Waals surface area contributed by atoms with Crippen molar-refractivity contribution in [1.82, 2.24) is 19.7 Å². The summed E-state index contributed by atoms with van der Waals surface area (Å²) in [5, 5.41) is 4.15. The summed E-state index contributed by atoms with van der Waals surface area (Å²) >= 11 is 0. The Labute approximate surface area is 153 Å². The van der Waals surface area contributed by atoms with Crippen LogP contribution in [0.3, 0.4) is 0 Å². The Hall–Kier alpha value is -2.99. The first-order valence-corrected chi connectivity index (χ1v) is 8.68. The molecule has 3 rings (SSSR count). The van der Waals surface area contributed by atoms with Crippen LogP contribution in [0, 0.1) is 6.92 Å². The number of aromatic nitrogens is 3. The topological polar surface area (TPSA) is 77.0 Å². The van der Waals surface area contributed by atoms with Crippen LogP contribution >= 0.6 is 0 Å². The summed E-state index contributed by atoms with van der Waals surface area (Å²) in [5.74, 6) is 0.00976. The molecule has 3 aromatic rings. The van der Waals surface area contributed by atoms with E-state index in [0.717, 1.165) is 23.2 Å². The number of nitrogens with zero attached hydrogens (tertiary/aromatic N) is 4. The van der Waals surface area contributed by atoms with Crippen LogP contribution in [-0.2, 0) is 6.54 Å². The lowest BCUT2D eigenvalue weighted by Gasteiger charge is -2.23. The predicted molar refractivity (Wildman–Crippen MR) is 101 cm³/mol. The van der Waals surface area contributed by atoms with Gasteiger partial charge in [0.15, 0.2) is 0 Å². The summed E-state index contributed by atoms with van der Waals surface area (Å²) < 4.78 is 1.69. The molecule has 6 nitrogen and oxygen atoms in total. The molecular weight excluding hydrogens is 326 g/mol. The molecule has 0 aliphatic carbocycles. The summed E-state index contributed by atoms with van der Waals surface area (Å²) in [6.45, 7) is 3.73. The van der Waals surface area contributed by atoms with E-state index >= 15 is 0 Å². The van der Waals surface area contributed by atoms with Crippen LogP contribution in [0.15, 0.2) is 61.2 Å². The van der Waals surface area contributed by atoms with Crippen molar-refractivity contribution in [2.45, 2.75) is 19.9 Å². The van der Waals surface area contributed by atoms with Crippen molar-refractivity contribution in [3.63, 3.8) is 0 Å². The first kappa shape index (κ1) is 17.8. The Morgan fingerprint density at radius 2 is 2.00 bits per heavy atom. The highest BCUT2D eigenvalue weighted by Crippen LogP contribution is 2.17. The molecule has 26 heavy (non-hydrogen) atoms. The molecule has 2 N–H and O–H groups in total. The van der Waals surface area contributed by atoms with E-state index in [-0.39, 0.29) is 5.91 Å². The van der Waals surface area contributed by atoms with Gasteiger partial charge in [-0.1, -0.05) is 30.3 Å². The number of carbonyl (C=O) groups excluding carboxylic acids is 1. The summed E-state index contributed by atoms with van der Waals surface area (Å²) in [4.78, 5) is 18.9. The Bertz CT molecular complexity index is 846. The van der Waals surface area contributed by atoms with E-state index in [4.69, 9.17) is 5.73 Å². The van der Waals surface area contributed by atoms with Crippen LogP contribution in [0.2, 0.25) is 0 Å². The van der Waals surface area contributed by atoms with Gasteiger partial charge in [0.25, 0.3) is 5.91 Å². The van der Waals surface area contributed by atoms with Gasteiger partial charge in [-0.05, 0) is 49.2 Å².